The highest BCUT2D eigenvalue weighted by atomic mass is 32.1. The number of primary amides is 1. The van der Waals surface area contributed by atoms with Gasteiger partial charge in [0.1, 0.15) is 21.2 Å². The van der Waals surface area contributed by atoms with Gasteiger partial charge in [0.05, 0.1) is 23.7 Å². The number of halogens is 2. The van der Waals surface area contributed by atoms with E-state index in [4.69, 9.17) is 10.2 Å². The Labute approximate surface area is 172 Å². The number of aryl methyl sites for hydroxylation is 1. The third-order valence-electron chi connectivity index (χ3n) is 4.63. The lowest BCUT2D eigenvalue weighted by Gasteiger charge is -2.09. The molecule has 0 saturated heterocycles. The van der Waals surface area contributed by atoms with Crippen LogP contribution in [0, 0.1) is 6.92 Å². The zero-order chi connectivity index (χ0) is 21.6. The molecule has 0 radical (unpaired) electrons. The van der Waals surface area contributed by atoms with Gasteiger partial charge in [0.25, 0.3) is 18.2 Å². The summed E-state index contributed by atoms with van der Waals surface area (Å²) in [6, 6.07) is 4.36. The zero-order valence-electron chi connectivity index (χ0n) is 15.8. The van der Waals surface area contributed by atoms with Gasteiger partial charge in [-0.25, -0.2) is 13.8 Å². The van der Waals surface area contributed by atoms with E-state index in [2.05, 4.69) is 15.4 Å². The number of nitrogens with two attached hydrogens (primary N) is 1. The van der Waals surface area contributed by atoms with E-state index in [-0.39, 0.29) is 26.7 Å². The van der Waals surface area contributed by atoms with E-state index in [0.29, 0.717) is 16.6 Å². The number of carbonyl (C=O) groups excluding carboxylic acids is 2. The minimum Gasteiger partial charge on any atom is -0.464 e. The van der Waals surface area contributed by atoms with Crippen LogP contribution in [0.1, 0.15) is 37.8 Å². The molecule has 4 aromatic rings. The van der Waals surface area contributed by atoms with E-state index >= 15 is 0 Å². The fraction of sp³-hybridized carbons (Fsp3) is 0.158. The molecular formula is C19H15F2N5O3S. The van der Waals surface area contributed by atoms with Crippen LogP contribution in [0.2, 0.25) is 0 Å². The number of alkyl halides is 2. The van der Waals surface area contributed by atoms with Crippen LogP contribution in [0.3, 0.4) is 0 Å². The van der Waals surface area contributed by atoms with Gasteiger partial charge in [-0.1, -0.05) is 0 Å². The molecule has 4 aromatic heterocycles. The normalized spacial score (nSPS) is 11.4. The van der Waals surface area contributed by atoms with E-state index in [1.54, 1.807) is 26.1 Å². The number of hydrogen-bond donors (Lipinski definition) is 2. The van der Waals surface area contributed by atoms with Gasteiger partial charge in [0, 0.05) is 23.7 Å². The predicted octanol–water partition coefficient (Wildman–Crippen LogP) is 3.89. The van der Waals surface area contributed by atoms with Crippen LogP contribution in [0.4, 0.5) is 14.5 Å². The Morgan fingerprint density at radius 1 is 1.37 bits per heavy atom. The van der Waals surface area contributed by atoms with Crippen LogP contribution in [-0.2, 0) is 7.05 Å². The first kappa shape index (κ1) is 19.7. The molecule has 3 N–H and O–H groups in total. The predicted molar refractivity (Wildman–Crippen MR) is 107 cm³/mol. The minimum atomic E-state index is -2.83. The van der Waals surface area contributed by atoms with Crippen molar-refractivity contribution in [2.24, 2.45) is 12.8 Å². The summed E-state index contributed by atoms with van der Waals surface area (Å²) >= 11 is 0.825. The summed E-state index contributed by atoms with van der Waals surface area (Å²) in [6.07, 6.45) is -0.0511. The highest BCUT2D eigenvalue weighted by Gasteiger charge is 2.26. The molecular weight excluding hydrogens is 416 g/mol. The van der Waals surface area contributed by atoms with Gasteiger partial charge >= 0.3 is 0 Å². The summed E-state index contributed by atoms with van der Waals surface area (Å²) < 4.78 is 33.7. The molecule has 4 rings (SSSR count). The van der Waals surface area contributed by atoms with Crippen LogP contribution < -0.4 is 11.1 Å². The van der Waals surface area contributed by atoms with Crippen molar-refractivity contribution in [3.8, 4) is 11.3 Å². The van der Waals surface area contributed by atoms with Gasteiger partial charge < -0.3 is 15.5 Å². The van der Waals surface area contributed by atoms with Crippen LogP contribution >= 0.6 is 11.3 Å². The number of hydrogen-bond acceptors (Lipinski definition) is 6. The fourth-order valence-corrected chi connectivity index (χ4v) is 4.06. The lowest BCUT2D eigenvalue weighted by atomic mass is 10.1. The molecule has 0 aliphatic carbocycles. The Morgan fingerprint density at radius 3 is 2.70 bits per heavy atom. The van der Waals surface area contributed by atoms with Crippen molar-refractivity contribution in [3.63, 3.8) is 0 Å². The smallest absolute Gasteiger partial charge is 0.280 e. The number of aromatic nitrogens is 3. The topological polar surface area (TPSA) is 116 Å². The fourth-order valence-electron chi connectivity index (χ4n) is 3.05. The maximum absolute atomic E-state index is 13.4. The highest BCUT2D eigenvalue weighted by Crippen LogP contribution is 2.42. The zero-order valence-corrected chi connectivity index (χ0v) is 16.6. The van der Waals surface area contributed by atoms with Crippen LogP contribution in [-0.4, -0.2) is 26.6 Å². The molecule has 0 bridgehead atoms. The summed E-state index contributed by atoms with van der Waals surface area (Å²) in [6.45, 7) is 1.72. The van der Waals surface area contributed by atoms with Gasteiger partial charge in [-0.15, -0.1) is 11.3 Å². The molecule has 154 valence electrons. The second-order valence-corrected chi connectivity index (χ2v) is 7.44. The van der Waals surface area contributed by atoms with E-state index in [9.17, 15) is 18.4 Å². The maximum Gasteiger partial charge on any atom is 0.280 e. The molecule has 0 spiro atoms. The summed E-state index contributed by atoms with van der Waals surface area (Å²) in [5, 5.41) is 7.01. The molecule has 0 atom stereocenters. The number of rotatable bonds is 5. The molecule has 11 heteroatoms. The molecule has 0 unspecified atom stereocenters. The average molecular weight is 431 g/mol. The summed E-state index contributed by atoms with van der Waals surface area (Å²) in [5.41, 5.74) is 6.28. The summed E-state index contributed by atoms with van der Waals surface area (Å²) in [4.78, 5) is 29.0. The minimum absolute atomic E-state index is 0.00776. The molecule has 30 heavy (non-hydrogen) atoms. The first-order valence-corrected chi connectivity index (χ1v) is 9.48. The number of fused-ring (bicyclic) bond motifs is 1. The monoisotopic (exact) mass is 431 g/mol. The molecule has 4 heterocycles. The van der Waals surface area contributed by atoms with Gasteiger partial charge in [0.2, 0.25) is 0 Å². The Bertz CT molecular complexity index is 1280. The number of amides is 2. The second kappa shape index (κ2) is 7.34. The third kappa shape index (κ3) is 3.22. The molecule has 0 fully saturated rings. The number of pyridine rings is 1. The molecule has 0 aliphatic heterocycles. The van der Waals surface area contributed by atoms with Crippen molar-refractivity contribution < 1.29 is 22.8 Å². The lowest BCUT2D eigenvalue weighted by Crippen LogP contribution is -2.17. The quantitative estimate of drug-likeness (QED) is 0.497. The van der Waals surface area contributed by atoms with Crippen molar-refractivity contribution in [1.29, 1.82) is 0 Å². The average Bonchev–Trinajstić information content (AvgIpc) is 3.42. The Morgan fingerprint density at radius 2 is 2.13 bits per heavy atom. The van der Waals surface area contributed by atoms with Gasteiger partial charge in [0.15, 0.2) is 0 Å². The first-order chi connectivity index (χ1) is 14.3. The van der Waals surface area contributed by atoms with E-state index < -0.39 is 23.9 Å². The Hall–Kier alpha value is -3.60. The van der Waals surface area contributed by atoms with Crippen LogP contribution in [0.25, 0.3) is 21.5 Å². The van der Waals surface area contributed by atoms with Crippen molar-refractivity contribution in [1.82, 2.24) is 14.8 Å². The van der Waals surface area contributed by atoms with Gasteiger partial charge in [-0.2, -0.15) is 5.10 Å². The van der Waals surface area contributed by atoms with Crippen LogP contribution in [0.15, 0.2) is 35.1 Å². The molecule has 8 nitrogen and oxygen atoms in total. The maximum atomic E-state index is 13.4. The van der Waals surface area contributed by atoms with Crippen molar-refractivity contribution >= 4 is 39.1 Å². The number of carbonyl (C=O) groups is 2. The summed E-state index contributed by atoms with van der Waals surface area (Å²) in [7, 11) is 1.69. The number of nitrogens with one attached hydrogen (secondary N) is 1. The summed E-state index contributed by atoms with van der Waals surface area (Å²) in [5.74, 6) is -1.06. The number of furan rings is 1. The van der Waals surface area contributed by atoms with E-state index in [1.165, 1.54) is 23.2 Å². The van der Waals surface area contributed by atoms with Gasteiger partial charge in [-0.3, -0.25) is 14.3 Å². The number of anilines is 1. The van der Waals surface area contributed by atoms with E-state index in [0.717, 1.165) is 11.3 Å². The standard InChI is InChI=1S/C19H15F2N5O3S/c1-8-10(7-23-26(8)2)18(28)25-14-13-9(12-4-3-5-29-12)6-11(16(20)21)24-19(13)30-15(14)17(22)27/h3-7,16H,1-2H3,(H2,22,27)(H,25,28). The number of thiophene rings is 1. The Balaban J connectivity index is 1.95. The third-order valence-corrected chi connectivity index (χ3v) is 5.73. The van der Waals surface area contributed by atoms with Crippen molar-refractivity contribution in [2.75, 3.05) is 5.32 Å². The molecule has 0 aliphatic rings. The van der Waals surface area contributed by atoms with Gasteiger partial charge in [-0.05, 0) is 25.1 Å². The number of nitrogens with zero attached hydrogens (tertiary/aromatic N) is 3. The second-order valence-electron chi connectivity index (χ2n) is 6.44. The first-order valence-electron chi connectivity index (χ1n) is 8.67. The van der Waals surface area contributed by atoms with Crippen molar-refractivity contribution in [3.05, 3.63) is 52.5 Å². The highest BCUT2D eigenvalue weighted by molar-refractivity contribution is 7.21. The van der Waals surface area contributed by atoms with Crippen molar-refractivity contribution in [2.45, 2.75) is 13.3 Å². The van der Waals surface area contributed by atoms with Crippen LogP contribution in [0.5, 0.6) is 0 Å². The Kier molecular flexibility index (Phi) is 4.82. The SMILES string of the molecule is Cc1c(C(=O)Nc2c(C(N)=O)sc3nc(C(F)F)cc(-c4ccco4)c23)cnn1C. The lowest BCUT2D eigenvalue weighted by molar-refractivity contribution is 0.100. The molecule has 2 amide bonds. The molecule has 0 aromatic carbocycles. The van der Waals surface area contributed by atoms with E-state index in [1.807, 2.05) is 0 Å². The molecule has 0 saturated carbocycles. The largest absolute Gasteiger partial charge is 0.464 e.